The fourth-order valence-corrected chi connectivity index (χ4v) is 3.44. The van der Waals surface area contributed by atoms with Gasteiger partial charge in [-0.1, -0.05) is 6.92 Å². The summed E-state index contributed by atoms with van der Waals surface area (Å²) in [4.78, 5) is 2.53. The Labute approximate surface area is 127 Å². The molecule has 2 aliphatic heterocycles. The van der Waals surface area contributed by atoms with Crippen molar-refractivity contribution >= 4 is 0 Å². The molecule has 0 saturated carbocycles. The molecule has 4 nitrogen and oxygen atoms in total. The van der Waals surface area contributed by atoms with Crippen molar-refractivity contribution in [2.24, 2.45) is 0 Å². The first-order valence-corrected chi connectivity index (χ1v) is 8.09. The third-order valence-corrected chi connectivity index (χ3v) is 4.65. The summed E-state index contributed by atoms with van der Waals surface area (Å²) in [5, 5.41) is 3.85. The van der Waals surface area contributed by atoms with Crippen molar-refractivity contribution in [3.63, 3.8) is 0 Å². The highest BCUT2D eigenvalue weighted by molar-refractivity contribution is 5.43. The summed E-state index contributed by atoms with van der Waals surface area (Å²) < 4.78 is 11.1. The lowest BCUT2D eigenvalue weighted by atomic mass is 9.97. The van der Waals surface area contributed by atoms with Gasteiger partial charge in [-0.15, -0.1) is 0 Å². The molecule has 1 fully saturated rings. The van der Waals surface area contributed by atoms with Gasteiger partial charge in [0.2, 0.25) is 0 Å². The summed E-state index contributed by atoms with van der Waals surface area (Å²) in [5.41, 5.74) is 1.24. The van der Waals surface area contributed by atoms with Crippen LogP contribution in [0.2, 0.25) is 0 Å². The SMILES string of the molecule is CCN1CCCC(NC2CCOc3ccc(OC)cc32)C1. The molecule has 2 heterocycles. The van der Waals surface area contributed by atoms with Gasteiger partial charge in [0.1, 0.15) is 11.5 Å². The maximum Gasteiger partial charge on any atom is 0.124 e. The molecule has 1 aromatic rings. The van der Waals surface area contributed by atoms with E-state index in [9.17, 15) is 0 Å². The van der Waals surface area contributed by atoms with Crippen LogP contribution in [0.3, 0.4) is 0 Å². The van der Waals surface area contributed by atoms with Crippen molar-refractivity contribution in [1.29, 1.82) is 0 Å². The van der Waals surface area contributed by atoms with E-state index in [1.54, 1.807) is 7.11 Å². The number of rotatable bonds is 4. The third kappa shape index (κ3) is 3.33. The van der Waals surface area contributed by atoms with Gasteiger partial charge in [0.15, 0.2) is 0 Å². The average Bonchev–Trinajstić information content (AvgIpc) is 2.55. The molecule has 0 bridgehead atoms. The number of ether oxygens (including phenoxy) is 2. The lowest BCUT2D eigenvalue weighted by Gasteiger charge is -2.36. The maximum atomic E-state index is 5.78. The van der Waals surface area contributed by atoms with Gasteiger partial charge in [-0.3, -0.25) is 0 Å². The van der Waals surface area contributed by atoms with E-state index in [4.69, 9.17) is 9.47 Å². The minimum absolute atomic E-state index is 0.380. The Bertz CT molecular complexity index is 478. The Morgan fingerprint density at radius 3 is 3.10 bits per heavy atom. The third-order valence-electron chi connectivity index (χ3n) is 4.65. The quantitative estimate of drug-likeness (QED) is 0.924. The number of fused-ring (bicyclic) bond motifs is 1. The number of nitrogens with one attached hydrogen (secondary N) is 1. The first-order chi connectivity index (χ1) is 10.3. The smallest absolute Gasteiger partial charge is 0.124 e. The number of methoxy groups -OCH3 is 1. The fraction of sp³-hybridized carbons (Fsp3) is 0.647. The van der Waals surface area contributed by atoms with Gasteiger partial charge in [-0.05, 0) is 44.1 Å². The number of piperidine rings is 1. The van der Waals surface area contributed by atoms with E-state index >= 15 is 0 Å². The molecular formula is C17H26N2O2. The van der Waals surface area contributed by atoms with Crippen LogP contribution < -0.4 is 14.8 Å². The van der Waals surface area contributed by atoms with E-state index in [0.717, 1.165) is 37.6 Å². The number of hydrogen-bond donors (Lipinski definition) is 1. The molecule has 2 aliphatic rings. The summed E-state index contributed by atoms with van der Waals surface area (Å²) in [6.45, 7) is 6.59. The van der Waals surface area contributed by atoms with E-state index in [-0.39, 0.29) is 0 Å². The Hall–Kier alpha value is -1.26. The Kier molecular flexibility index (Phi) is 4.66. The molecule has 0 radical (unpaired) electrons. The molecule has 2 atom stereocenters. The molecule has 116 valence electrons. The Balaban J connectivity index is 1.72. The first kappa shape index (κ1) is 14.7. The molecule has 4 heteroatoms. The van der Waals surface area contributed by atoms with Crippen LogP contribution >= 0.6 is 0 Å². The van der Waals surface area contributed by atoms with E-state index in [0.29, 0.717) is 12.1 Å². The molecule has 21 heavy (non-hydrogen) atoms. The minimum Gasteiger partial charge on any atom is -0.497 e. The molecule has 3 rings (SSSR count). The molecule has 0 spiro atoms. The largest absolute Gasteiger partial charge is 0.497 e. The predicted molar refractivity (Wildman–Crippen MR) is 84.1 cm³/mol. The second-order valence-electron chi connectivity index (χ2n) is 5.99. The standard InChI is InChI=1S/C17H26N2O2/c1-3-19-9-4-5-13(12-19)18-16-8-10-21-17-7-6-14(20-2)11-15(16)17/h6-7,11,13,16,18H,3-5,8-10,12H2,1-2H3. The van der Waals surface area contributed by atoms with Crippen molar-refractivity contribution in [2.75, 3.05) is 33.4 Å². The summed E-state index contributed by atoms with van der Waals surface area (Å²) in [6.07, 6.45) is 3.59. The number of likely N-dealkylation sites (N-methyl/N-ethyl adjacent to an activating group) is 1. The van der Waals surface area contributed by atoms with Gasteiger partial charge >= 0.3 is 0 Å². The molecule has 0 aromatic heterocycles. The van der Waals surface area contributed by atoms with E-state index < -0.39 is 0 Å². The molecule has 2 unspecified atom stereocenters. The Morgan fingerprint density at radius 2 is 2.29 bits per heavy atom. The summed E-state index contributed by atoms with van der Waals surface area (Å²) in [5.74, 6) is 1.91. The summed E-state index contributed by atoms with van der Waals surface area (Å²) in [6, 6.07) is 7.08. The number of hydrogen-bond acceptors (Lipinski definition) is 4. The van der Waals surface area contributed by atoms with Gasteiger partial charge in [-0.25, -0.2) is 0 Å². The summed E-state index contributed by atoms with van der Waals surface area (Å²) in [7, 11) is 1.72. The first-order valence-electron chi connectivity index (χ1n) is 8.09. The summed E-state index contributed by atoms with van der Waals surface area (Å²) >= 11 is 0. The highest BCUT2D eigenvalue weighted by Gasteiger charge is 2.26. The van der Waals surface area contributed by atoms with Gasteiger partial charge in [0.25, 0.3) is 0 Å². The van der Waals surface area contributed by atoms with E-state index in [1.165, 1.54) is 24.9 Å². The van der Waals surface area contributed by atoms with Crippen LogP contribution in [0, 0.1) is 0 Å². The molecule has 1 saturated heterocycles. The normalized spacial score (nSPS) is 26.0. The fourth-order valence-electron chi connectivity index (χ4n) is 3.44. The Morgan fingerprint density at radius 1 is 1.38 bits per heavy atom. The lowest BCUT2D eigenvalue weighted by Crippen LogP contribution is -2.47. The van der Waals surface area contributed by atoms with Gasteiger partial charge in [-0.2, -0.15) is 0 Å². The lowest BCUT2D eigenvalue weighted by molar-refractivity contribution is 0.175. The highest BCUT2D eigenvalue weighted by Crippen LogP contribution is 2.35. The number of likely N-dealkylation sites (tertiary alicyclic amines) is 1. The van der Waals surface area contributed by atoms with Crippen LogP contribution in [0.5, 0.6) is 11.5 Å². The topological polar surface area (TPSA) is 33.7 Å². The van der Waals surface area contributed by atoms with Gasteiger partial charge in [0, 0.05) is 30.6 Å². The zero-order chi connectivity index (χ0) is 14.7. The monoisotopic (exact) mass is 290 g/mol. The highest BCUT2D eigenvalue weighted by atomic mass is 16.5. The maximum absolute atomic E-state index is 5.78. The van der Waals surface area contributed by atoms with Crippen molar-refractivity contribution in [3.8, 4) is 11.5 Å². The average molecular weight is 290 g/mol. The van der Waals surface area contributed by atoms with Crippen molar-refractivity contribution < 1.29 is 9.47 Å². The number of benzene rings is 1. The van der Waals surface area contributed by atoms with Crippen molar-refractivity contribution in [1.82, 2.24) is 10.2 Å². The zero-order valence-electron chi connectivity index (χ0n) is 13.1. The zero-order valence-corrected chi connectivity index (χ0v) is 13.1. The second kappa shape index (κ2) is 6.67. The molecule has 1 N–H and O–H groups in total. The van der Waals surface area contributed by atoms with Crippen LogP contribution in [0.25, 0.3) is 0 Å². The predicted octanol–water partition coefficient (Wildman–Crippen LogP) is 2.59. The molecule has 0 aliphatic carbocycles. The van der Waals surface area contributed by atoms with Gasteiger partial charge in [0.05, 0.1) is 13.7 Å². The van der Waals surface area contributed by atoms with E-state index in [1.807, 2.05) is 12.1 Å². The van der Waals surface area contributed by atoms with E-state index in [2.05, 4.69) is 23.2 Å². The molecular weight excluding hydrogens is 264 g/mol. The van der Waals surface area contributed by atoms with Crippen molar-refractivity contribution in [2.45, 2.75) is 38.3 Å². The van der Waals surface area contributed by atoms with Crippen LogP contribution in [0.15, 0.2) is 18.2 Å². The number of nitrogens with zero attached hydrogens (tertiary/aromatic N) is 1. The second-order valence-corrected chi connectivity index (χ2v) is 5.99. The van der Waals surface area contributed by atoms with Crippen LogP contribution in [0.4, 0.5) is 0 Å². The minimum atomic E-state index is 0.380. The van der Waals surface area contributed by atoms with Crippen LogP contribution in [-0.2, 0) is 0 Å². The molecule has 0 amide bonds. The van der Waals surface area contributed by atoms with Crippen molar-refractivity contribution in [3.05, 3.63) is 23.8 Å². The molecule has 1 aromatic carbocycles. The van der Waals surface area contributed by atoms with Crippen LogP contribution in [0.1, 0.15) is 37.8 Å². The van der Waals surface area contributed by atoms with Gasteiger partial charge < -0.3 is 19.7 Å². The van der Waals surface area contributed by atoms with Crippen LogP contribution in [-0.4, -0.2) is 44.3 Å².